The molecule has 1 aliphatic rings. The van der Waals surface area contributed by atoms with Crippen molar-refractivity contribution < 1.29 is 14.4 Å². The quantitative estimate of drug-likeness (QED) is 0.704. The number of aromatic nitrogens is 2. The van der Waals surface area contributed by atoms with E-state index in [9.17, 15) is 14.4 Å². The zero-order valence-electron chi connectivity index (χ0n) is 12.9. The Labute approximate surface area is 142 Å². The maximum absolute atomic E-state index is 12.2. The Morgan fingerprint density at radius 3 is 2.88 bits per heavy atom. The number of urea groups is 1. The molecule has 0 radical (unpaired) electrons. The van der Waals surface area contributed by atoms with Gasteiger partial charge in [0.1, 0.15) is 11.9 Å². The van der Waals surface area contributed by atoms with Crippen LogP contribution in [0.25, 0.3) is 11.0 Å². The van der Waals surface area contributed by atoms with Gasteiger partial charge in [-0.3, -0.25) is 14.9 Å². The van der Waals surface area contributed by atoms with Crippen molar-refractivity contribution >= 4 is 40.5 Å². The van der Waals surface area contributed by atoms with Gasteiger partial charge in [-0.05, 0) is 24.6 Å². The highest BCUT2D eigenvalue weighted by Gasteiger charge is 2.29. The molecule has 0 aliphatic carbocycles. The van der Waals surface area contributed by atoms with Gasteiger partial charge in [0.25, 0.3) is 5.91 Å². The molecular formula is C15H16ClN5O3. The lowest BCUT2D eigenvalue weighted by Gasteiger charge is -2.16. The Bertz CT molecular complexity index is 819. The summed E-state index contributed by atoms with van der Waals surface area (Å²) in [7, 11) is 1.66. The molecule has 4 amide bonds. The fraction of sp³-hybridized carbons (Fsp3) is 0.333. The maximum Gasteiger partial charge on any atom is 0.322 e. The summed E-state index contributed by atoms with van der Waals surface area (Å²) in [5.41, 5.74) is 1.59. The van der Waals surface area contributed by atoms with Crippen LogP contribution in [-0.2, 0) is 16.1 Å². The molecule has 9 heteroatoms. The van der Waals surface area contributed by atoms with E-state index < -0.39 is 18.0 Å². The van der Waals surface area contributed by atoms with Crippen LogP contribution in [0.2, 0.25) is 5.02 Å². The van der Waals surface area contributed by atoms with E-state index >= 15 is 0 Å². The van der Waals surface area contributed by atoms with Crippen molar-refractivity contribution in [3.05, 3.63) is 29.0 Å². The van der Waals surface area contributed by atoms with Crippen molar-refractivity contribution in [1.82, 2.24) is 25.5 Å². The Kier molecular flexibility index (Phi) is 4.39. The molecule has 1 saturated heterocycles. The molecule has 0 spiro atoms. The van der Waals surface area contributed by atoms with Gasteiger partial charge < -0.3 is 15.2 Å². The highest BCUT2D eigenvalue weighted by molar-refractivity contribution is 6.31. The van der Waals surface area contributed by atoms with Crippen LogP contribution in [0, 0.1) is 0 Å². The molecule has 3 N–H and O–H groups in total. The SMILES string of the molecule is CN(Cc1nc2ccc(Cl)cc2[nH]1)C(=O)CC[C@H]1NC(=O)NC1=O. The first kappa shape index (κ1) is 16.3. The monoisotopic (exact) mass is 349 g/mol. The maximum atomic E-state index is 12.2. The standard InChI is InChI=1S/C15H16ClN5O3/c1-21(13(22)5-4-10-14(23)20-15(24)19-10)7-12-17-9-3-2-8(16)6-11(9)18-12/h2-3,6,10H,4-5,7H2,1H3,(H,17,18)(H2,19,20,23,24)/t10-/m1/s1. The molecule has 2 heterocycles. The Hall–Kier alpha value is -2.61. The molecule has 2 aromatic rings. The summed E-state index contributed by atoms with van der Waals surface area (Å²) in [6.07, 6.45) is 0.414. The molecule has 3 rings (SSSR count). The van der Waals surface area contributed by atoms with Crippen molar-refractivity contribution in [3.63, 3.8) is 0 Å². The molecule has 0 saturated carbocycles. The lowest BCUT2D eigenvalue weighted by atomic mass is 10.1. The Balaban J connectivity index is 1.57. The normalized spacial score (nSPS) is 17.0. The van der Waals surface area contributed by atoms with Crippen LogP contribution in [0.1, 0.15) is 18.7 Å². The second-order valence-electron chi connectivity index (χ2n) is 5.65. The van der Waals surface area contributed by atoms with Gasteiger partial charge in [0.05, 0.1) is 17.6 Å². The van der Waals surface area contributed by atoms with Crippen molar-refractivity contribution in [1.29, 1.82) is 0 Å². The number of fused-ring (bicyclic) bond motifs is 1. The summed E-state index contributed by atoms with van der Waals surface area (Å²) >= 11 is 5.93. The first-order valence-electron chi connectivity index (χ1n) is 7.42. The molecule has 1 aromatic carbocycles. The van der Waals surface area contributed by atoms with Crippen LogP contribution in [0.3, 0.4) is 0 Å². The zero-order valence-corrected chi connectivity index (χ0v) is 13.7. The van der Waals surface area contributed by atoms with E-state index in [4.69, 9.17) is 11.6 Å². The summed E-state index contributed by atoms with van der Waals surface area (Å²) in [6, 6.07) is 4.16. The molecule has 0 bridgehead atoms. The van der Waals surface area contributed by atoms with Crippen LogP contribution >= 0.6 is 11.6 Å². The summed E-state index contributed by atoms with van der Waals surface area (Å²) in [5, 5.41) is 5.22. The third-order valence-corrected chi connectivity index (χ3v) is 4.05. The summed E-state index contributed by atoms with van der Waals surface area (Å²) < 4.78 is 0. The number of halogens is 1. The molecule has 0 unspecified atom stereocenters. The average molecular weight is 350 g/mol. The number of imidazole rings is 1. The van der Waals surface area contributed by atoms with Crippen LogP contribution in [0.15, 0.2) is 18.2 Å². The van der Waals surface area contributed by atoms with Gasteiger partial charge in [0.2, 0.25) is 5.91 Å². The largest absolute Gasteiger partial charge is 0.340 e. The van der Waals surface area contributed by atoms with Crippen molar-refractivity contribution in [2.75, 3.05) is 7.05 Å². The van der Waals surface area contributed by atoms with Gasteiger partial charge in [-0.1, -0.05) is 11.6 Å². The van der Waals surface area contributed by atoms with E-state index in [1.165, 1.54) is 4.90 Å². The predicted molar refractivity (Wildman–Crippen MR) is 87.3 cm³/mol. The number of hydrogen-bond donors (Lipinski definition) is 3. The van der Waals surface area contributed by atoms with Gasteiger partial charge in [0.15, 0.2) is 0 Å². The molecule has 1 aromatic heterocycles. The smallest absolute Gasteiger partial charge is 0.322 e. The fourth-order valence-corrected chi connectivity index (χ4v) is 2.72. The van der Waals surface area contributed by atoms with E-state index in [1.54, 1.807) is 25.2 Å². The zero-order chi connectivity index (χ0) is 17.3. The Morgan fingerprint density at radius 1 is 1.38 bits per heavy atom. The number of H-pyrrole nitrogens is 1. The summed E-state index contributed by atoms with van der Waals surface area (Å²) in [6.45, 7) is 0.314. The minimum absolute atomic E-state index is 0.137. The number of nitrogens with one attached hydrogen (secondary N) is 3. The average Bonchev–Trinajstić information content (AvgIpc) is 3.06. The lowest BCUT2D eigenvalue weighted by Crippen LogP contribution is -2.32. The van der Waals surface area contributed by atoms with Gasteiger partial charge >= 0.3 is 6.03 Å². The number of imide groups is 1. The number of aromatic amines is 1. The second-order valence-corrected chi connectivity index (χ2v) is 6.09. The molecule has 1 fully saturated rings. The number of carbonyl (C=O) groups is 3. The number of carbonyl (C=O) groups excluding carboxylic acids is 3. The molecule has 8 nitrogen and oxygen atoms in total. The molecular weight excluding hydrogens is 334 g/mol. The third-order valence-electron chi connectivity index (χ3n) is 3.81. The van der Waals surface area contributed by atoms with Crippen LogP contribution < -0.4 is 10.6 Å². The van der Waals surface area contributed by atoms with E-state index in [-0.39, 0.29) is 18.7 Å². The van der Waals surface area contributed by atoms with E-state index in [1.807, 2.05) is 0 Å². The topological polar surface area (TPSA) is 107 Å². The van der Waals surface area contributed by atoms with Crippen LogP contribution in [0.5, 0.6) is 0 Å². The fourth-order valence-electron chi connectivity index (χ4n) is 2.54. The molecule has 1 atom stereocenters. The summed E-state index contributed by atoms with van der Waals surface area (Å²) in [5.74, 6) is 0.113. The number of nitrogens with zero attached hydrogens (tertiary/aromatic N) is 2. The van der Waals surface area contributed by atoms with Gasteiger partial charge in [-0.15, -0.1) is 0 Å². The second kappa shape index (κ2) is 6.48. The number of benzene rings is 1. The minimum Gasteiger partial charge on any atom is -0.340 e. The third kappa shape index (κ3) is 3.48. The Morgan fingerprint density at radius 2 is 2.17 bits per heavy atom. The van der Waals surface area contributed by atoms with Gasteiger partial charge in [-0.25, -0.2) is 9.78 Å². The van der Waals surface area contributed by atoms with Crippen molar-refractivity contribution in [2.24, 2.45) is 0 Å². The van der Waals surface area contributed by atoms with Gasteiger partial charge in [0, 0.05) is 18.5 Å². The number of rotatable bonds is 5. The van der Waals surface area contributed by atoms with Crippen LogP contribution in [-0.4, -0.2) is 45.8 Å². The molecule has 126 valence electrons. The van der Waals surface area contributed by atoms with E-state index in [0.717, 1.165) is 11.0 Å². The molecule has 1 aliphatic heterocycles. The van der Waals surface area contributed by atoms with Crippen molar-refractivity contribution in [2.45, 2.75) is 25.4 Å². The van der Waals surface area contributed by atoms with Crippen molar-refractivity contribution in [3.8, 4) is 0 Å². The molecule has 24 heavy (non-hydrogen) atoms. The summed E-state index contributed by atoms with van der Waals surface area (Å²) in [4.78, 5) is 43.7. The first-order valence-corrected chi connectivity index (χ1v) is 7.79. The number of hydrogen-bond acceptors (Lipinski definition) is 4. The first-order chi connectivity index (χ1) is 11.4. The van der Waals surface area contributed by atoms with Crippen LogP contribution in [0.4, 0.5) is 4.79 Å². The highest BCUT2D eigenvalue weighted by Crippen LogP contribution is 2.18. The highest BCUT2D eigenvalue weighted by atomic mass is 35.5. The predicted octanol–water partition coefficient (Wildman–Crippen LogP) is 1.16. The van der Waals surface area contributed by atoms with E-state index in [2.05, 4.69) is 20.6 Å². The minimum atomic E-state index is -0.650. The van der Waals surface area contributed by atoms with Gasteiger partial charge in [-0.2, -0.15) is 0 Å². The van der Waals surface area contributed by atoms with E-state index in [0.29, 0.717) is 17.4 Å². The lowest BCUT2D eigenvalue weighted by molar-refractivity contribution is -0.130. The number of amides is 4.